The molecular formula is C15H17BrN2. The standard InChI is InChI=1S/C15H17BrN2/c1-3-14(12-7-5-4-6-8-12)18-15-10-9-13(16)11(2)17-15/h4-10,14H,3H2,1-2H3,(H,17,18). The van der Waals surface area contributed by atoms with Crippen LogP contribution in [0.25, 0.3) is 0 Å². The van der Waals surface area contributed by atoms with Gasteiger partial charge in [-0.15, -0.1) is 0 Å². The Hall–Kier alpha value is -1.35. The quantitative estimate of drug-likeness (QED) is 0.884. The Balaban J connectivity index is 2.18. The molecule has 2 aromatic rings. The Bertz CT molecular complexity index is 511. The van der Waals surface area contributed by atoms with Gasteiger partial charge >= 0.3 is 0 Å². The molecule has 0 aliphatic heterocycles. The van der Waals surface area contributed by atoms with Gasteiger partial charge < -0.3 is 5.32 Å². The van der Waals surface area contributed by atoms with Crippen molar-refractivity contribution < 1.29 is 0 Å². The molecule has 0 radical (unpaired) electrons. The molecule has 94 valence electrons. The number of hydrogen-bond acceptors (Lipinski definition) is 2. The van der Waals surface area contributed by atoms with Gasteiger partial charge in [-0.1, -0.05) is 37.3 Å². The van der Waals surface area contributed by atoms with Gasteiger partial charge in [-0.05, 0) is 47.0 Å². The number of nitrogens with zero attached hydrogens (tertiary/aromatic N) is 1. The van der Waals surface area contributed by atoms with Gasteiger partial charge in [-0.2, -0.15) is 0 Å². The van der Waals surface area contributed by atoms with Crippen LogP contribution >= 0.6 is 15.9 Å². The van der Waals surface area contributed by atoms with E-state index in [1.54, 1.807) is 0 Å². The van der Waals surface area contributed by atoms with E-state index >= 15 is 0 Å². The van der Waals surface area contributed by atoms with Gasteiger partial charge in [-0.3, -0.25) is 0 Å². The first-order chi connectivity index (χ1) is 8.70. The van der Waals surface area contributed by atoms with E-state index in [1.165, 1.54) is 5.56 Å². The molecule has 1 aromatic carbocycles. The summed E-state index contributed by atoms with van der Waals surface area (Å²) in [6.07, 6.45) is 1.03. The molecule has 0 fully saturated rings. The number of pyridine rings is 1. The van der Waals surface area contributed by atoms with Crippen LogP contribution in [0.5, 0.6) is 0 Å². The molecule has 0 bridgehead atoms. The second-order valence-electron chi connectivity index (χ2n) is 4.28. The van der Waals surface area contributed by atoms with Crippen LogP contribution in [0.4, 0.5) is 5.82 Å². The van der Waals surface area contributed by atoms with Crippen molar-refractivity contribution in [3.05, 3.63) is 58.2 Å². The average molecular weight is 305 g/mol. The molecule has 0 aliphatic carbocycles. The monoisotopic (exact) mass is 304 g/mol. The smallest absolute Gasteiger partial charge is 0.126 e. The van der Waals surface area contributed by atoms with Crippen molar-refractivity contribution >= 4 is 21.7 Å². The van der Waals surface area contributed by atoms with Crippen LogP contribution in [-0.2, 0) is 0 Å². The zero-order valence-corrected chi connectivity index (χ0v) is 12.2. The van der Waals surface area contributed by atoms with Crippen LogP contribution in [0.2, 0.25) is 0 Å². The van der Waals surface area contributed by atoms with Crippen LogP contribution in [0.15, 0.2) is 46.9 Å². The van der Waals surface area contributed by atoms with Crippen LogP contribution in [-0.4, -0.2) is 4.98 Å². The first-order valence-corrected chi connectivity index (χ1v) is 6.94. The van der Waals surface area contributed by atoms with E-state index in [-0.39, 0.29) is 0 Å². The molecule has 0 saturated carbocycles. The summed E-state index contributed by atoms with van der Waals surface area (Å²) in [7, 11) is 0. The van der Waals surface area contributed by atoms with E-state index in [1.807, 2.05) is 25.1 Å². The highest BCUT2D eigenvalue weighted by Crippen LogP contribution is 2.23. The Morgan fingerprint density at radius 2 is 1.89 bits per heavy atom. The van der Waals surface area contributed by atoms with E-state index in [2.05, 4.69) is 57.4 Å². The maximum absolute atomic E-state index is 4.53. The summed E-state index contributed by atoms with van der Waals surface area (Å²) < 4.78 is 1.04. The van der Waals surface area contributed by atoms with E-state index < -0.39 is 0 Å². The van der Waals surface area contributed by atoms with E-state index in [0.717, 1.165) is 22.4 Å². The number of nitrogens with one attached hydrogen (secondary N) is 1. The van der Waals surface area contributed by atoms with E-state index in [9.17, 15) is 0 Å². The second kappa shape index (κ2) is 6.01. The summed E-state index contributed by atoms with van der Waals surface area (Å²) in [5.41, 5.74) is 2.30. The molecule has 1 aromatic heterocycles. The summed E-state index contributed by atoms with van der Waals surface area (Å²) in [5, 5.41) is 3.48. The molecule has 1 heterocycles. The minimum atomic E-state index is 0.305. The largest absolute Gasteiger partial charge is 0.363 e. The third kappa shape index (κ3) is 3.10. The summed E-state index contributed by atoms with van der Waals surface area (Å²) >= 11 is 3.47. The molecule has 0 amide bonds. The van der Waals surface area contributed by atoms with Crippen molar-refractivity contribution in [1.82, 2.24) is 4.98 Å². The Kier molecular flexibility index (Phi) is 4.37. The molecule has 0 spiro atoms. The molecule has 2 rings (SSSR count). The lowest BCUT2D eigenvalue weighted by Gasteiger charge is -2.18. The third-order valence-corrected chi connectivity index (χ3v) is 3.79. The molecule has 18 heavy (non-hydrogen) atoms. The van der Waals surface area contributed by atoms with Crippen LogP contribution in [0.3, 0.4) is 0 Å². The fraction of sp³-hybridized carbons (Fsp3) is 0.267. The van der Waals surface area contributed by atoms with Crippen molar-refractivity contribution in [3.63, 3.8) is 0 Å². The molecule has 0 aliphatic rings. The summed E-state index contributed by atoms with van der Waals surface area (Å²) in [6, 6.07) is 14.8. The van der Waals surface area contributed by atoms with Gasteiger partial charge in [0.25, 0.3) is 0 Å². The van der Waals surface area contributed by atoms with Crippen molar-refractivity contribution in [3.8, 4) is 0 Å². The molecule has 2 nitrogen and oxygen atoms in total. The van der Waals surface area contributed by atoms with Gasteiger partial charge in [0.15, 0.2) is 0 Å². The predicted molar refractivity (Wildman–Crippen MR) is 79.8 cm³/mol. The number of benzene rings is 1. The SMILES string of the molecule is CCC(Nc1ccc(Br)c(C)n1)c1ccccc1. The maximum atomic E-state index is 4.53. The van der Waals surface area contributed by atoms with Crippen molar-refractivity contribution in [2.24, 2.45) is 0 Å². The number of aryl methyl sites for hydroxylation is 1. The molecular weight excluding hydrogens is 288 g/mol. The third-order valence-electron chi connectivity index (χ3n) is 2.95. The molecule has 1 N–H and O–H groups in total. The fourth-order valence-corrected chi connectivity index (χ4v) is 2.13. The van der Waals surface area contributed by atoms with Gasteiger partial charge in [0.05, 0.1) is 11.7 Å². The number of aromatic nitrogens is 1. The summed E-state index contributed by atoms with van der Waals surface area (Å²) in [5.74, 6) is 0.923. The molecule has 3 heteroatoms. The lowest BCUT2D eigenvalue weighted by atomic mass is 10.0. The summed E-state index contributed by atoms with van der Waals surface area (Å²) in [6.45, 7) is 4.18. The summed E-state index contributed by atoms with van der Waals surface area (Å²) in [4.78, 5) is 4.53. The minimum absolute atomic E-state index is 0.305. The first kappa shape index (κ1) is 13.1. The van der Waals surface area contributed by atoms with Crippen LogP contribution < -0.4 is 5.32 Å². The highest BCUT2D eigenvalue weighted by Gasteiger charge is 2.09. The number of rotatable bonds is 4. The highest BCUT2D eigenvalue weighted by atomic mass is 79.9. The van der Waals surface area contributed by atoms with Gasteiger partial charge in [0.1, 0.15) is 5.82 Å². The van der Waals surface area contributed by atoms with Crippen molar-refractivity contribution in [2.75, 3.05) is 5.32 Å². The minimum Gasteiger partial charge on any atom is -0.363 e. The Morgan fingerprint density at radius 3 is 2.50 bits per heavy atom. The first-order valence-electron chi connectivity index (χ1n) is 6.15. The van der Waals surface area contributed by atoms with E-state index in [0.29, 0.717) is 6.04 Å². The topological polar surface area (TPSA) is 24.9 Å². The average Bonchev–Trinajstić information content (AvgIpc) is 2.41. The lowest BCUT2D eigenvalue weighted by molar-refractivity contribution is 0.744. The normalized spacial score (nSPS) is 12.2. The molecule has 1 unspecified atom stereocenters. The Morgan fingerprint density at radius 1 is 1.17 bits per heavy atom. The Labute approximate surface area is 117 Å². The van der Waals surface area contributed by atoms with Crippen LogP contribution in [0.1, 0.15) is 30.6 Å². The predicted octanol–water partition coefficient (Wildman–Crippen LogP) is 4.72. The lowest BCUT2D eigenvalue weighted by Crippen LogP contribution is -2.10. The molecule has 1 atom stereocenters. The van der Waals surface area contributed by atoms with Gasteiger partial charge in [0, 0.05) is 4.47 Å². The number of anilines is 1. The van der Waals surface area contributed by atoms with Crippen molar-refractivity contribution in [2.45, 2.75) is 26.3 Å². The maximum Gasteiger partial charge on any atom is 0.126 e. The van der Waals surface area contributed by atoms with Crippen molar-refractivity contribution in [1.29, 1.82) is 0 Å². The van der Waals surface area contributed by atoms with Crippen LogP contribution in [0, 0.1) is 6.92 Å². The second-order valence-corrected chi connectivity index (χ2v) is 5.13. The number of hydrogen-bond donors (Lipinski definition) is 1. The zero-order valence-electron chi connectivity index (χ0n) is 10.7. The van der Waals surface area contributed by atoms with Gasteiger partial charge in [0.2, 0.25) is 0 Å². The fourth-order valence-electron chi connectivity index (χ4n) is 1.91. The van der Waals surface area contributed by atoms with E-state index in [4.69, 9.17) is 0 Å². The molecule has 0 saturated heterocycles. The highest BCUT2D eigenvalue weighted by molar-refractivity contribution is 9.10. The zero-order chi connectivity index (χ0) is 13.0. The number of halogens is 1. The van der Waals surface area contributed by atoms with Gasteiger partial charge in [-0.25, -0.2) is 4.98 Å².